The largest absolute Gasteiger partial charge is 0.399 e. The van der Waals surface area contributed by atoms with Crippen LogP contribution in [0.1, 0.15) is 10.4 Å². The first-order valence-corrected chi connectivity index (χ1v) is 5.32. The highest BCUT2D eigenvalue weighted by atomic mass is 35.5. The van der Waals surface area contributed by atoms with E-state index in [0.717, 1.165) is 0 Å². The standard InChI is InChI=1S/C11H14ClN3O2/c1-15(2)10(16)6-14-11(17)7-3-8(12)5-9(13)4-7/h3-5H,6,13H2,1-2H3,(H,14,17). The van der Waals surface area contributed by atoms with Gasteiger partial charge in [-0.05, 0) is 18.2 Å². The van der Waals surface area contributed by atoms with Gasteiger partial charge in [0.05, 0.1) is 6.54 Å². The fourth-order valence-electron chi connectivity index (χ4n) is 1.16. The van der Waals surface area contributed by atoms with Gasteiger partial charge in [0.15, 0.2) is 0 Å². The van der Waals surface area contributed by atoms with E-state index in [9.17, 15) is 9.59 Å². The Hall–Kier alpha value is -1.75. The zero-order valence-corrected chi connectivity index (χ0v) is 10.4. The average molecular weight is 256 g/mol. The minimum absolute atomic E-state index is 0.0573. The molecule has 0 spiro atoms. The number of hydrogen-bond donors (Lipinski definition) is 2. The highest BCUT2D eigenvalue weighted by molar-refractivity contribution is 6.31. The van der Waals surface area contributed by atoms with Crippen LogP contribution in [0.25, 0.3) is 0 Å². The Morgan fingerprint density at radius 2 is 2.00 bits per heavy atom. The van der Waals surface area contributed by atoms with Gasteiger partial charge in [-0.15, -0.1) is 0 Å². The first-order valence-electron chi connectivity index (χ1n) is 4.94. The van der Waals surface area contributed by atoms with Crippen molar-refractivity contribution >= 4 is 29.1 Å². The maximum atomic E-state index is 11.7. The van der Waals surface area contributed by atoms with Gasteiger partial charge in [-0.1, -0.05) is 11.6 Å². The number of rotatable bonds is 3. The third-order valence-corrected chi connectivity index (χ3v) is 2.30. The number of hydrogen-bond acceptors (Lipinski definition) is 3. The number of amides is 2. The van der Waals surface area contributed by atoms with Crippen LogP contribution >= 0.6 is 11.6 Å². The van der Waals surface area contributed by atoms with Gasteiger partial charge in [0.1, 0.15) is 0 Å². The molecule has 1 aromatic carbocycles. The predicted molar refractivity (Wildman–Crippen MR) is 66.9 cm³/mol. The van der Waals surface area contributed by atoms with Gasteiger partial charge >= 0.3 is 0 Å². The van der Waals surface area contributed by atoms with E-state index in [1.54, 1.807) is 20.2 Å². The normalized spacial score (nSPS) is 9.82. The summed E-state index contributed by atoms with van der Waals surface area (Å²) in [6.07, 6.45) is 0. The summed E-state index contributed by atoms with van der Waals surface area (Å²) in [6, 6.07) is 4.54. The van der Waals surface area contributed by atoms with Crippen LogP contribution in [0.2, 0.25) is 5.02 Å². The Bertz CT molecular complexity index is 426. The summed E-state index contributed by atoms with van der Waals surface area (Å²) in [6.45, 7) is -0.0573. The number of anilines is 1. The molecule has 1 rings (SSSR count). The molecule has 5 nitrogen and oxygen atoms in total. The van der Waals surface area contributed by atoms with Gasteiger partial charge in [-0.25, -0.2) is 0 Å². The van der Waals surface area contributed by atoms with Crippen LogP contribution in [0, 0.1) is 0 Å². The molecule has 0 saturated heterocycles. The maximum Gasteiger partial charge on any atom is 0.251 e. The van der Waals surface area contributed by atoms with E-state index in [0.29, 0.717) is 16.3 Å². The summed E-state index contributed by atoms with van der Waals surface area (Å²) in [7, 11) is 3.23. The molecule has 0 fully saturated rings. The lowest BCUT2D eigenvalue weighted by atomic mass is 10.2. The van der Waals surface area contributed by atoms with Crippen molar-refractivity contribution in [3.63, 3.8) is 0 Å². The van der Waals surface area contributed by atoms with Crippen molar-refractivity contribution in [2.24, 2.45) is 0 Å². The van der Waals surface area contributed by atoms with Crippen LogP contribution in [0.3, 0.4) is 0 Å². The monoisotopic (exact) mass is 255 g/mol. The molecule has 0 aromatic heterocycles. The molecule has 0 atom stereocenters. The Balaban J connectivity index is 2.67. The first-order chi connectivity index (χ1) is 7.90. The Morgan fingerprint density at radius 1 is 1.35 bits per heavy atom. The molecule has 0 radical (unpaired) electrons. The number of benzene rings is 1. The molecule has 6 heteroatoms. The molecule has 0 bridgehead atoms. The summed E-state index contributed by atoms with van der Waals surface area (Å²) < 4.78 is 0. The number of nitrogens with one attached hydrogen (secondary N) is 1. The molecule has 0 aliphatic heterocycles. The van der Waals surface area contributed by atoms with E-state index in [1.807, 2.05) is 0 Å². The number of nitrogens with zero attached hydrogens (tertiary/aromatic N) is 1. The van der Waals surface area contributed by atoms with Crippen molar-refractivity contribution in [2.45, 2.75) is 0 Å². The summed E-state index contributed by atoms with van der Waals surface area (Å²) in [4.78, 5) is 24.3. The number of nitrogens with two attached hydrogens (primary N) is 1. The SMILES string of the molecule is CN(C)C(=O)CNC(=O)c1cc(N)cc(Cl)c1. The molecule has 3 N–H and O–H groups in total. The third kappa shape index (κ3) is 3.96. The number of likely N-dealkylation sites (N-methyl/N-ethyl adjacent to an activating group) is 1. The minimum atomic E-state index is -0.380. The second-order valence-corrected chi connectivity index (χ2v) is 4.18. The van der Waals surface area contributed by atoms with E-state index in [1.165, 1.54) is 17.0 Å². The molecule has 17 heavy (non-hydrogen) atoms. The van der Waals surface area contributed by atoms with Gasteiger partial charge in [0.25, 0.3) is 5.91 Å². The van der Waals surface area contributed by atoms with Crippen LogP contribution in [-0.2, 0) is 4.79 Å². The Kier molecular flexibility index (Phi) is 4.34. The maximum absolute atomic E-state index is 11.7. The van der Waals surface area contributed by atoms with Crippen molar-refractivity contribution in [3.8, 4) is 0 Å². The van der Waals surface area contributed by atoms with Gasteiger partial charge < -0.3 is 16.0 Å². The molecule has 0 aliphatic rings. The zero-order valence-electron chi connectivity index (χ0n) is 9.66. The lowest BCUT2D eigenvalue weighted by Gasteiger charge is -2.11. The van der Waals surface area contributed by atoms with Gasteiger partial charge in [0.2, 0.25) is 5.91 Å². The van der Waals surface area contributed by atoms with Crippen LogP contribution in [-0.4, -0.2) is 37.4 Å². The molecular weight excluding hydrogens is 242 g/mol. The summed E-state index contributed by atoms with van der Waals surface area (Å²) in [5, 5.41) is 2.87. The molecule has 92 valence electrons. The quantitative estimate of drug-likeness (QED) is 0.783. The van der Waals surface area contributed by atoms with Crippen molar-refractivity contribution in [3.05, 3.63) is 28.8 Å². The molecule has 2 amide bonds. The molecule has 1 aromatic rings. The number of carbonyl (C=O) groups excluding carboxylic acids is 2. The van der Waals surface area contributed by atoms with Crippen molar-refractivity contribution < 1.29 is 9.59 Å². The molecule has 0 saturated carbocycles. The second-order valence-electron chi connectivity index (χ2n) is 3.74. The summed E-state index contributed by atoms with van der Waals surface area (Å²) in [5.41, 5.74) is 6.30. The summed E-state index contributed by atoms with van der Waals surface area (Å²) in [5.74, 6) is -0.567. The Labute approximate surface area is 105 Å². The molecule has 0 aliphatic carbocycles. The van der Waals surface area contributed by atoms with E-state index >= 15 is 0 Å². The van der Waals surface area contributed by atoms with E-state index in [4.69, 9.17) is 17.3 Å². The van der Waals surface area contributed by atoms with Crippen molar-refractivity contribution in [1.29, 1.82) is 0 Å². The van der Waals surface area contributed by atoms with Gasteiger partial charge in [-0.2, -0.15) is 0 Å². The van der Waals surface area contributed by atoms with Gasteiger partial charge in [-0.3, -0.25) is 9.59 Å². The highest BCUT2D eigenvalue weighted by Crippen LogP contribution is 2.16. The number of carbonyl (C=O) groups is 2. The van der Waals surface area contributed by atoms with Crippen molar-refractivity contribution in [1.82, 2.24) is 10.2 Å². The smallest absolute Gasteiger partial charge is 0.251 e. The highest BCUT2D eigenvalue weighted by Gasteiger charge is 2.10. The fraction of sp³-hybridized carbons (Fsp3) is 0.273. The summed E-state index contributed by atoms with van der Waals surface area (Å²) >= 11 is 5.77. The lowest BCUT2D eigenvalue weighted by Crippen LogP contribution is -2.36. The third-order valence-electron chi connectivity index (χ3n) is 2.08. The number of nitrogen functional groups attached to an aromatic ring is 1. The van der Waals surface area contributed by atoms with Crippen molar-refractivity contribution in [2.75, 3.05) is 26.4 Å². The molecule has 0 unspecified atom stereocenters. The topological polar surface area (TPSA) is 75.4 Å². The zero-order chi connectivity index (χ0) is 13.0. The van der Waals surface area contributed by atoms with Crippen LogP contribution in [0.4, 0.5) is 5.69 Å². The van der Waals surface area contributed by atoms with Crippen LogP contribution < -0.4 is 11.1 Å². The lowest BCUT2D eigenvalue weighted by molar-refractivity contribution is -0.127. The van der Waals surface area contributed by atoms with Crippen LogP contribution in [0.5, 0.6) is 0 Å². The van der Waals surface area contributed by atoms with E-state index < -0.39 is 0 Å². The fourth-order valence-corrected chi connectivity index (χ4v) is 1.40. The average Bonchev–Trinajstić information content (AvgIpc) is 2.23. The minimum Gasteiger partial charge on any atom is -0.399 e. The predicted octanol–water partition coefficient (Wildman–Crippen LogP) is 0.740. The molecule has 0 heterocycles. The second kappa shape index (κ2) is 5.54. The van der Waals surface area contributed by atoms with Crippen LogP contribution in [0.15, 0.2) is 18.2 Å². The molecular formula is C11H14ClN3O2. The Morgan fingerprint density at radius 3 is 2.53 bits per heavy atom. The van der Waals surface area contributed by atoms with E-state index in [2.05, 4.69) is 5.32 Å². The van der Waals surface area contributed by atoms with Gasteiger partial charge in [0, 0.05) is 30.4 Å². The number of halogens is 1. The van der Waals surface area contributed by atoms with E-state index in [-0.39, 0.29) is 18.4 Å². The first kappa shape index (κ1) is 13.3.